The number of H-pyrrole nitrogens is 1. The summed E-state index contributed by atoms with van der Waals surface area (Å²) >= 11 is 0. The summed E-state index contributed by atoms with van der Waals surface area (Å²) in [5, 5.41) is 10.7. The number of nitrogens with one attached hydrogen (secondary N) is 1. The molecule has 1 aromatic carbocycles. The van der Waals surface area contributed by atoms with E-state index in [1.165, 1.54) is 0 Å². The van der Waals surface area contributed by atoms with E-state index in [1.807, 2.05) is 36.2 Å². The highest BCUT2D eigenvalue weighted by Crippen LogP contribution is 2.07. The third-order valence-corrected chi connectivity index (χ3v) is 2.97. The number of hydrogen-bond donors (Lipinski definition) is 1. The summed E-state index contributed by atoms with van der Waals surface area (Å²) in [6, 6.07) is 7.56. The van der Waals surface area contributed by atoms with Crippen LogP contribution in [-0.4, -0.2) is 14.5 Å². The second kappa shape index (κ2) is 5.52. The van der Waals surface area contributed by atoms with Crippen LogP contribution in [0.25, 0.3) is 0 Å². The normalized spacial score (nSPS) is 10.4. The lowest BCUT2D eigenvalue weighted by molar-refractivity contribution is -0.386. The smallest absolute Gasteiger partial charge is 0.289 e. The van der Waals surface area contributed by atoms with Crippen molar-refractivity contribution in [2.24, 2.45) is 0 Å². The first kappa shape index (κ1) is 13.7. The van der Waals surface area contributed by atoms with Crippen LogP contribution in [0.2, 0.25) is 0 Å². The Labute approximate surface area is 113 Å². The quantitative estimate of drug-likeness (QED) is 0.666. The van der Waals surface area contributed by atoms with Crippen LogP contribution in [0.4, 0.5) is 5.69 Å². The molecule has 1 aromatic heterocycles. The monoisotopic (exact) mass is 275 g/mol. The first-order valence-corrected chi connectivity index (χ1v) is 6.07. The first-order chi connectivity index (χ1) is 9.51. The Morgan fingerprint density at radius 2 is 1.80 bits per heavy atom. The largest absolute Gasteiger partial charge is 0.350 e. The van der Waals surface area contributed by atoms with E-state index in [0.717, 1.165) is 28.3 Å². The predicted octanol–water partition coefficient (Wildman–Crippen LogP) is 1.06. The van der Waals surface area contributed by atoms with E-state index in [2.05, 4.69) is 0 Å². The highest BCUT2D eigenvalue weighted by molar-refractivity contribution is 5.24. The first-order valence-electron chi connectivity index (χ1n) is 6.07. The second-order valence-corrected chi connectivity index (χ2v) is 4.33. The molecule has 20 heavy (non-hydrogen) atoms. The van der Waals surface area contributed by atoms with E-state index in [1.54, 1.807) is 0 Å². The van der Waals surface area contributed by atoms with E-state index in [0.29, 0.717) is 0 Å². The molecular formula is C13H13N3O4. The van der Waals surface area contributed by atoms with E-state index in [4.69, 9.17) is 0 Å². The zero-order valence-corrected chi connectivity index (χ0v) is 10.8. The molecule has 1 heterocycles. The highest BCUT2D eigenvalue weighted by atomic mass is 16.6. The van der Waals surface area contributed by atoms with E-state index >= 15 is 0 Å². The van der Waals surface area contributed by atoms with Crippen molar-refractivity contribution < 1.29 is 4.92 Å². The van der Waals surface area contributed by atoms with Crippen LogP contribution in [-0.2, 0) is 13.0 Å². The van der Waals surface area contributed by atoms with E-state index < -0.39 is 21.9 Å². The molecule has 7 heteroatoms. The summed E-state index contributed by atoms with van der Waals surface area (Å²) in [5.41, 5.74) is -0.313. The lowest BCUT2D eigenvalue weighted by Gasteiger charge is -2.05. The lowest BCUT2D eigenvalue weighted by Crippen LogP contribution is -2.31. The Hall–Kier alpha value is -2.70. The van der Waals surface area contributed by atoms with Crippen molar-refractivity contribution in [3.8, 4) is 0 Å². The summed E-state index contributed by atoms with van der Waals surface area (Å²) in [6.45, 7) is 2.20. The van der Waals surface area contributed by atoms with Crippen molar-refractivity contribution >= 4 is 5.69 Å². The average Bonchev–Trinajstić information content (AvgIpc) is 2.42. The van der Waals surface area contributed by atoms with Crippen molar-refractivity contribution in [1.29, 1.82) is 0 Å². The van der Waals surface area contributed by atoms with Gasteiger partial charge in [0.2, 0.25) is 0 Å². The SMILES string of the molecule is CCc1ccc(Cn2cc([N+](=O)[O-])c(=O)[nH]c2=O)cc1. The van der Waals surface area contributed by atoms with Crippen LogP contribution in [0.15, 0.2) is 40.1 Å². The number of aryl methyl sites for hydroxylation is 1. The van der Waals surface area contributed by atoms with Gasteiger partial charge in [0.25, 0.3) is 0 Å². The zero-order chi connectivity index (χ0) is 14.7. The maximum atomic E-state index is 11.6. The van der Waals surface area contributed by atoms with E-state index in [9.17, 15) is 19.7 Å². The molecule has 0 unspecified atom stereocenters. The third-order valence-electron chi connectivity index (χ3n) is 2.97. The molecule has 0 radical (unpaired) electrons. The van der Waals surface area contributed by atoms with Gasteiger partial charge in [-0.15, -0.1) is 0 Å². The molecule has 0 aliphatic carbocycles. The van der Waals surface area contributed by atoms with Crippen molar-refractivity contribution in [2.75, 3.05) is 0 Å². The van der Waals surface area contributed by atoms with Gasteiger partial charge in [-0.1, -0.05) is 31.2 Å². The molecule has 0 bridgehead atoms. The van der Waals surface area contributed by atoms with Gasteiger partial charge >= 0.3 is 16.9 Å². The molecule has 0 saturated heterocycles. The third kappa shape index (κ3) is 2.82. The van der Waals surface area contributed by atoms with E-state index in [-0.39, 0.29) is 6.54 Å². The number of benzene rings is 1. The van der Waals surface area contributed by atoms with Crippen LogP contribution in [0, 0.1) is 10.1 Å². The maximum Gasteiger partial charge on any atom is 0.350 e. The maximum absolute atomic E-state index is 11.6. The van der Waals surface area contributed by atoms with Crippen LogP contribution in [0.5, 0.6) is 0 Å². The fourth-order valence-electron chi connectivity index (χ4n) is 1.82. The van der Waals surface area contributed by atoms with Crippen molar-refractivity contribution in [2.45, 2.75) is 19.9 Å². The van der Waals surface area contributed by atoms with Crippen LogP contribution in [0.1, 0.15) is 18.1 Å². The minimum Gasteiger partial charge on any atom is -0.289 e. The Kier molecular flexibility index (Phi) is 3.79. The molecule has 104 valence electrons. The Balaban J connectivity index is 2.37. The van der Waals surface area contributed by atoms with Gasteiger partial charge < -0.3 is 0 Å². The molecular weight excluding hydrogens is 262 g/mol. The summed E-state index contributed by atoms with van der Waals surface area (Å²) in [6.07, 6.45) is 1.87. The summed E-state index contributed by atoms with van der Waals surface area (Å²) in [5.74, 6) is 0. The van der Waals surface area contributed by atoms with Crippen molar-refractivity contribution in [3.05, 3.63) is 72.5 Å². The molecule has 0 atom stereocenters. The van der Waals surface area contributed by atoms with Gasteiger partial charge in [0.15, 0.2) is 0 Å². The Bertz CT molecular complexity index is 743. The van der Waals surface area contributed by atoms with Crippen molar-refractivity contribution in [1.82, 2.24) is 9.55 Å². The fourth-order valence-corrected chi connectivity index (χ4v) is 1.82. The van der Waals surface area contributed by atoms with Gasteiger partial charge in [0.05, 0.1) is 17.7 Å². The minimum atomic E-state index is -0.988. The molecule has 7 nitrogen and oxygen atoms in total. The second-order valence-electron chi connectivity index (χ2n) is 4.33. The highest BCUT2D eigenvalue weighted by Gasteiger charge is 2.14. The molecule has 0 saturated carbocycles. The molecule has 0 spiro atoms. The number of nitro groups is 1. The topological polar surface area (TPSA) is 98.0 Å². The van der Waals surface area contributed by atoms with Crippen LogP contribution in [0.3, 0.4) is 0 Å². The van der Waals surface area contributed by atoms with Crippen molar-refractivity contribution in [3.63, 3.8) is 0 Å². The van der Waals surface area contributed by atoms with Gasteiger partial charge in [-0.3, -0.25) is 24.5 Å². The predicted molar refractivity (Wildman–Crippen MR) is 72.9 cm³/mol. The summed E-state index contributed by atoms with van der Waals surface area (Å²) < 4.78 is 1.11. The molecule has 0 aliphatic heterocycles. The number of hydrogen-bond acceptors (Lipinski definition) is 4. The Morgan fingerprint density at radius 1 is 1.20 bits per heavy atom. The molecule has 2 rings (SSSR count). The zero-order valence-electron chi connectivity index (χ0n) is 10.8. The number of aromatic nitrogens is 2. The van der Waals surface area contributed by atoms with Gasteiger partial charge in [-0.05, 0) is 17.5 Å². The minimum absolute atomic E-state index is 0.167. The standard InChI is InChI=1S/C13H13N3O4/c1-2-9-3-5-10(6-4-9)7-15-8-11(16(19)20)12(17)14-13(15)18/h3-6,8H,2,7H2,1H3,(H,14,17,18). The molecule has 0 aliphatic rings. The summed E-state index contributed by atoms with van der Waals surface area (Å²) in [4.78, 5) is 34.7. The Morgan fingerprint density at radius 3 is 2.35 bits per heavy atom. The van der Waals surface area contributed by atoms with Gasteiger partial charge in [-0.25, -0.2) is 4.79 Å². The number of nitrogens with zero attached hydrogens (tertiary/aromatic N) is 2. The van der Waals surface area contributed by atoms with Crippen LogP contribution < -0.4 is 11.2 Å². The summed E-state index contributed by atoms with van der Waals surface area (Å²) in [7, 11) is 0. The molecule has 0 amide bonds. The van der Waals surface area contributed by atoms with Gasteiger partial charge in [-0.2, -0.15) is 0 Å². The van der Waals surface area contributed by atoms with Crippen LogP contribution >= 0.6 is 0 Å². The lowest BCUT2D eigenvalue weighted by atomic mass is 10.1. The molecule has 0 fully saturated rings. The number of aromatic amines is 1. The molecule has 2 aromatic rings. The fraction of sp³-hybridized carbons (Fsp3) is 0.231. The van der Waals surface area contributed by atoms with Gasteiger partial charge in [0.1, 0.15) is 0 Å². The van der Waals surface area contributed by atoms with Gasteiger partial charge in [0, 0.05) is 0 Å². The molecule has 1 N–H and O–H groups in total. The average molecular weight is 275 g/mol. The number of rotatable bonds is 4.